The summed E-state index contributed by atoms with van der Waals surface area (Å²) in [6.07, 6.45) is 3.33. The number of Topliss-reactive ketones (excluding diaryl/α,β-unsaturated/α-hetero) is 2. The second-order valence-electron chi connectivity index (χ2n) is 17.7. The number of nitrogens with one attached hydrogen (secondary N) is 2. The van der Waals surface area contributed by atoms with Crippen molar-refractivity contribution in [3.05, 3.63) is 94.0 Å². The first-order chi connectivity index (χ1) is 32.8. The molecule has 6 N–H and O–H groups in total. The molecule has 3 aliphatic rings. The molecule has 1 saturated heterocycles. The standard InChI is InChI=1S/C28H32ClN5O3.C21H24ClN5O3S/c1-3-5-6-7-11-22-32-26(30-14-17-9-8-10-18(29)12-17)23-27(33-22)34(16-31-23)15-19-20-13-28(20,21(35)4-2)25(37)24(19)36;1-3-13(28)18-17(30)16(29)14(31-18)9-27-10-24-15-19(25-21(22)26-20(15)27)23-8-12-6-4-5-11(2)7-12/h8-10,12,16,19-20,24-25,36-37H,3-6,13-15H2,1-2H3,(H,30,32,33);4-7,10,14,16-18,29-30H,3,8-9H2,1-2H3,(H,23,25,26)/t19-,20?,24-,25?,28-;14-,16+,17?,18+/m10/s1. The lowest BCUT2D eigenvalue weighted by molar-refractivity contribution is -0.130. The van der Waals surface area contributed by atoms with Crippen LogP contribution in [0.2, 0.25) is 10.3 Å². The number of aromatic nitrogens is 8. The molecule has 0 bridgehead atoms. The van der Waals surface area contributed by atoms with Gasteiger partial charge in [0.1, 0.15) is 11.6 Å². The van der Waals surface area contributed by atoms with Gasteiger partial charge in [-0.05, 0) is 66.5 Å². The van der Waals surface area contributed by atoms with E-state index in [1.807, 2.05) is 54.0 Å². The number of hydrogen-bond acceptors (Lipinski definition) is 15. The number of carbonyl (C=O) groups is 2. The molecule has 68 heavy (non-hydrogen) atoms. The van der Waals surface area contributed by atoms with Crippen molar-refractivity contribution in [3.8, 4) is 11.8 Å². The van der Waals surface area contributed by atoms with Crippen LogP contribution in [0.1, 0.15) is 81.8 Å². The first-order valence-electron chi connectivity index (χ1n) is 23.1. The predicted molar refractivity (Wildman–Crippen MR) is 263 cm³/mol. The minimum absolute atomic E-state index is 0.0292. The van der Waals surface area contributed by atoms with Crippen LogP contribution in [0.4, 0.5) is 11.6 Å². The van der Waals surface area contributed by atoms with Gasteiger partial charge >= 0.3 is 0 Å². The average molecular weight is 984 g/mol. The van der Waals surface area contributed by atoms with Crippen LogP contribution in [0.25, 0.3) is 22.3 Å². The van der Waals surface area contributed by atoms with Crippen molar-refractivity contribution < 1.29 is 30.0 Å². The van der Waals surface area contributed by atoms with Gasteiger partial charge in [-0.25, -0.2) is 19.9 Å². The molecule has 0 radical (unpaired) electrons. The highest BCUT2D eigenvalue weighted by molar-refractivity contribution is 8.01. The molecule has 358 valence electrons. The summed E-state index contributed by atoms with van der Waals surface area (Å²) >= 11 is 13.6. The maximum absolute atomic E-state index is 12.6. The number of aliphatic hydroxyl groups is 4. The highest BCUT2D eigenvalue weighted by atomic mass is 35.5. The van der Waals surface area contributed by atoms with E-state index in [4.69, 9.17) is 28.2 Å². The zero-order valence-corrected chi connectivity index (χ0v) is 40.6. The van der Waals surface area contributed by atoms with Gasteiger partial charge in [0.15, 0.2) is 34.0 Å². The van der Waals surface area contributed by atoms with Crippen molar-refractivity contribution in [2.45, 2.75) is 127 Å². The first kappa shape index (κ1) is 49.2. The Morgan fingerprint density at radius 2 is 1.49 bits per heavy atom. The summed E-state index contributed by atoms with van der Waals surface area (Å²) in [5, 5.41) is 48.7. The number of thioether (sulfide) groups is 1. The molecular formula is C49H56Cl2N10O6S. The van der Waals surface area contributed by atoms with Crippen LogP contribution in [0.3, 0.4) is 0 Å². The molecule has 19 heteroatoms. The molecule has 9 atom stereocenters. The minimum Gasteiger partial charge on any atom is -0.390 e. The van der Waals surface area contributed by atoms with Gasteiger partial charge in [-0.1, -0.05) is 86.7 Å². The van der Waals surface area contributed by atoms with Crippen molar-refractivity contribution in [1.29, 1.82) is 0 Å². The monoisotopic (exact) mass is 982 g/mol. The van der Waals surface area contributed by atoms with Crippen molar-refractivity contribution in [3.63, 3.8) is 0 Å². The van der Waals surface area contributed by atoms with E-state index >= 15 is 0 Å². The van der Waals surface area contributed by atoms with Crippen molar-refractivity contribution in [2.75, 3.05) is 10.6 Å². The van der Waals surface area contributed by atoms with Crippen LogP contribution in [-0.4, -0.2) is 106 Å². The fourth-order valence-electron chi connectivity index (χ4n) is 9.47. The second-order valence-corrected chi connectivity index (χ2v) is 19.9. The maximum Gasteiger partial charge on any atom is 0.226 e. The molecular weight excluding hydrogens is 928 g/mol. The Labute approximate surface area is 408 Å². The number of hydrogen-bond donors (Lipinski definition) is 6. The lowest BCUT2D eigenvalue weighted by atomic mass is 9.92. The molecule has 3 fully saturated rings. The maximum atomic E-state index is 12.6. The predicted octanol–water partition coefficient (Wildman–Crippen LogP) is 6.56. The van der Waals surface area contributed by atoms with E-state index in [2.05, 4.69) is 60.4 Å². The van der Waals surface area contributed by atoms with E-state index in [0.717, 1.165) is 30.4 Å². The van der Waals surface area contributed by atoms with E-state index in [9.17, 15) is 30.0 Å². The summed E-state index contributed by atoms with van der Waals surface area (Å²) in [6.45, 7) is 9.50. The molecule has 0 amide bonds. The van der Waals surface area contributed by atoms with Gasteiger partial charge in [-0.3, -0.25) is 9.59 Å². The third kappa shape index (κ3) is 10.2. The van der Waals surface area contributed by atoms with Crippen molar-refractivity contribution in [1.82, 2.24) is 39.0 Å². The van der Waals surface area contributed by atoms with Gasteiger partial charge in [-0.2, -0.15) is 9.97 Å². The fourth-order valence-corrected chi connectivity index (χ4v) is 11.4. The molecule has 3 unspecified atom stereocenters. The molecule has 16 nitrogen and oxygen atoms in total. The quantitative estimate of drug-likeness (QED) is 0.0343. The van der Waals surface area contributed by atoms with Crippen LogP contribution in [0.5, 0.6) is 0 Å². The Morgan fingerprint density at radius 3 is 2.15 bits per heavy atom. The number of imidazole rings is 2. The number of nitrogens with zero attached hydrogens (tertiary/aromatic N) is 8. The average Bonchev–Trinajstić information content (AvgIpc) is 3.46. The Bertz CT molecular complexity index is 2870. The third-order valence-corrected chi connectivity index (χ3v) is 15.2. The number of unbranched alkanes of at least 4 members (excludes halogenated alkanes) is 2. The van der Waals surface area contributed by atoms with Gasteiger partial charge < -0.3 is 40.2 Å². The number of aryl methyl sites for hydroxylation is 1. The van der Waals surface area contributed by atoms with E-state index in [-0.39, 0.29) is 33.9 Å². The van der Waals surface area contributed by atoms with Gasteiger partial charge in [0.25, 0.3) is 0 Å². The van der Waals surface area contributed by atoms with Gasteiger partial charge in [0.2, 0.25) is 11.1 Å². The van der Waals surface area contributed by atoms with Gasteiger partial charge in [-0.15, -0.1) is 11.8 Å². The highest BCUT2D eigenvalue weighted by Gasteiger charge is 2.73. The number of aliphatic hydroxyl groups excluding tert-OH is 4. The summed E-state index contributed by atoms with van der Waals surface area (Å²) in [6, 6.07) is 15.7. The molecule has 4 aromatic heterocycles. The summed E-state index contributed by atoms with van der Waals surface area (Å²) in [4.78, 5) is 51.6. The number of rotatable bonds is 16. The Hall–Kier alpha value is -5.19. The molecule has 2 saturated carbocycles. The van der Waals surface area contributed by atoms with Crippen LogP contribution >= 0.6 is 35.0 Å². The van der Waals surface area contributed by atoms with Gasteiger partial charge in [0, 0.05) is 56.4 Å². The number of carbonyl (C=O) groups excluding carboxylic acids is 2. The number of anilines is 2. The Morgan fingerprint density at radius 1 is 0.824 bits per heavy atom. The zero-order chi connectivity index (χ0) is 48.3. The van der Waals surface area contributed by atoms with Crippen LogP contribution in [-0.2, 0) is 35.8 Å². The Kier molecular flexibility index (Phi) is 15.4. The second kappa shape index (κ2) is 21.2. The van der Waals surface area contributed by atoms with E-state index in [1.54, 1.807) is 31.1 Å². The molecule has 5 heterocycles. The molecule has 1 aliphatic heterocycles. The minimum atomic E-state index is -1.08. The largest absolute Gasteiger partial charge is 0.390 e. The summed E-state index contributed by atoms with van der Waals surface area (Å²) in [5.74, 6) is 7.37. The van der Waals surface area contributed by atoms with E-state index < -0.39 is 35.1 Å². The molecule has 9 rings (SSSR count). The smallest absolute Gasteiger partial charge is 0.226 e. The third-order valence-electron chi connectivity index (χ3n) is 13.2. The molecule has 0 spiro atoms. The first-order valence-corrected chi connectivity index (χ1v) is 24.8. The number of fused-ring (bicyclic) bond motifs is 3. The summed E-state index contributed by atoms with van der Waals surface area (Å²) < 4.78 is 3.65. The zero-order valence-electron chi connectivity index (χ0n) is 38.3. The number of benzene rings is 2. The SMILES string of the molecule is CCC(=O)[C@H]1S[C@@H](Cn2cnc3c(NCc4cccc(C)c4)nc(Cl)nc32)[C@@H](O)C1O.CCCCC#Cc1nc(NCc2cccc(Cl)c2)c2ncn(C[C@@H]3C4C[C@@]4(C(=O)CC)C(O)[C@@H]3O)c2n1. The van der Waals surface area contributed by atoms with Crippen LogP contribution < -0.4 is 10.6 Å². The van der Waals surface area contributed by atoms with Crippen molar-refractivity contribution in [2.24, 2.45) is 17.3 Å². The van der Waals surface area contributed by atoms with E-state index in [0.29, 0.717) is 90.3 Å². The topological polar surface area (TPSA) is 226 Å². The molecule has 2 aliphatic carbocycles. The molecule has 2 aromatic carbocycles. The lowest BCUT2D eigenvalue weighted by Gasteiger charge is -2.23. The normalized spacial score (nSPS) is 24.8. The van der Waals surface area contributed by atoms with E-state index in [1.165, 1.54) is 17.3 Å². The Balaban J connectivity index is 0.000000187. The highest BCUT2D eigenvalue weighted by Crippen LogP contribution is 2.67. The lowest BCUT2D eigenvalue weighted by Crippen LogP contribution is -2.37. The van der Waals surface area contributed by atoms with Crippen LogP contribution in [0.15, 0.2) is 61.2 Å². The van der Waals surface area contributed by atoms with Crippen molar-refractivity contribution >= 4 is 80.5 Å². The number of halogens is 2. The van der Waals surface area contributed by atoms with Gasteiger partial charge in [0.05, 0.1) is 53.0 Å². The number of ketones is 2. The van der Waals surface area contributed by atoms with Crippen LogP contribution in [0, 0.1) is 36.0 Å². The molecule has 6 aromatic rings. The summed E-state index contributed by atoms with van der Waals surface area (Å²) in [7, 11) is 0. The fraction of sp³-hybridized carbons (Fsp3) is 0.469. The summed E-state index contributed by atoms with van der Waals surface area (Å²) in [5.41, 5.74) is 4.77.